The van der Waals surface area contributed by atoms with Gasteiger partial charge >= 0.3 is 5.69 Å². The number of hydrogen-bond acceptors (Lipinski definition) is 4. The van der Waals surface area contributed by atoms with Gasteiger partial charge in [-0.1, -0.05) is 0 Å². The summed E-state index contributed by atoms with van der Waals surface area (Å²) < 4.78 is 0. The van der Waals surface area contributed by atoms with Crippen LogP contribution in [-0.4, -0.2) is 22.5 Å². The highest BCUT2D eigenvalue weighted by Crippen LogP contribution is 2.30. The van der Waals surface area contributed by atoms with E-state index in [1.165, 1.54) is 12.5 Å². The molecule has 1 fully saturated rings. The first-order valence-corrected chi connectivity index (χ1v) is 5.56. The van der Waals surface area contributed by atoms with Crippen LogP contribution in [0.1, 0.15) is 26.2 Å². The first kappa shape index (κ1) is 10.9. The van der Waals surface area contributed by atoms with Crippen LogP contribution in [0, 0.1) is 10.1 Å². The van der Waals surface area contributed by atoms with Crippen molar-refractivity contribution in [3.05, 3.63) is 28.4 Å². The summed E-state index contributed by atoms with van der Waals surface area (Å²) in [6, 6.07) is 3.46. The van der Waals surface area contributed by atoms with Gasteiger partial charge in [0.05, 0.1) is 4.92 Å². The fraction of sp³-hybridized carbons (Fsp3) is 0.545. The molecule has 0 radical (unpaired) electrons. The lowest BCUT2D eigenvalue weighted by atomic mass is 10.0. The monoisotopic (exact) mass is 221 g/mol. The molecule has 16 heavy (non-hydrogen) atoms. The molecule has 86 valence electrons. The molecule has 1 aromatic heterocycles. The third kappa shape index (κ3) is 1.98. The van der Waals surface area contributed by atoms with Gasteiger partial charge in [0.15, 0.2) is 0 Å². The average molecular weight is 221 g/mol. The third-order valence-corrected chi connectivity index (χ3v) is 3.04. The van der Waals surface area contributed by atoms with Crippen LogP contribution in [0.2, 0.25) is 0 Å². The molecule has 5 heteroatoms. The SMILES string of the molecule is CC1CCCCN1c1ncccc1[N+](=O)[O-]. The first-order chi connectivity index (χ1) is 7.70. The summed E-state index contributed by atoms with van der Waals surface area (Å²) in [6.07, 6.45) is 4.97. The van der Waals surface area contributed by atoms with E-state index in [-0.39, 0.29) is 10.6 Å². The molecule has 0 spiro atoms. The van der Waals surface area contributed by atoms with Crippen LogP contribution >= 0.6 is 0 Å². The second kappa shape index (κ2) is 4.47. The Labute approximate surface area is 94.2 Å². The molecule has 1 aliphatic heterocycles. The summed E-state index contributed by atoms with van der Waals surface area (Å²) >= 11 is 0. The van der Waals surface area contributed by atoms with Crippen molar-refractivity contribution in [2.75, 3.05) is 11.4 Å². The Kier molecular flexibility index (Phi) is 3.03. The number of rotatable bonds is 2. The van der Waals surface area contributed by atoms with E-state index in [0.29, 0.717) is 11.9 Å². The van der Waals surface area contributed by atoms with E-state index >= 15 is 0 Å². The van der Waals surface area contributed by atoms with Gasteiger partial charge in [0, 0.05) is 24.8 Å². The van der Waals surface area contributed by atoms with Gasteiger partial charge in [0.2, 0.25) is 5.82 Å². The number of anilines is 1. The van der Waals surface area contributed by atoms with E-state index in [1.54, 1.807) is 12.3 Å². The summed E-state index contributed by atoms with van der Waals surface area (Å²) in [7, 11) is 0. The van der Waals surface area contributed by atoms with Crippen LogP contribution in [0.4, 0.5) is 11.5 Å². The summed E-state index contributed by atoms with van der Waals surface area (Å²) in [5.74, 6) is 0.514. The maximum Gasteiger partial charge on any atom is 0.311 e. The molecule has 1 aliphatic rings. The van der Waals surface area contributed by atoms with Crippen molar-refractivity contribution in [3.63, 3.8) is 0 Å². The molecular formula is C11H15N3O2. The highest BCUT2D eigenvalue weighted by atomic mass is 16.6. The van der Waals surface area contributed by atoms with Crippen molar-refractivity contribution < 1.29 is 4.92 Å². The second-order valence-electron chi connectivity index (χ2n) is 4.14. The molecule has 1 aromatic rings. The Balaban J connectivity index is 2.34. The van der Waals surface area contributed by atoms with Gasteiger partial charge in [-0.25, -0.2) is 4.98 Å². The fourth-order valence-electron chi connectivity index (χ4n) is 2.17. The molecule has 2 heterocycles. The van der Waals surface area contributed by atoms with Crippen LogP contribution in [-0.2, 0) is 0 Å². The lowest BCUT2D eigenvalue weighted by Gasteiger charge is -2.33. The van der Waals surface area contributed by atoms with E-state index in [2.05, 4.69) is 11.9 Å². The Bertz CT molecular complexity index is 395. The largest absolute Gasteiger partial charge is 0.348 e. The quantitative estimate of drug-likeness (QED) is 0.568. The highest BCUT2D eigenvalue weighted by molar-refractivity contribution is 5.58. The molecule has 1 saturated heterocycles. The number of pyridine rings is 1. The molecule has 0 N–H and O–H groups in total. The zero-order valence-electron chi connectivity index (χ0n) is 9.30. The van der Waals surface area contributed by atoms with Crippen molar-refractivity contribution in [3.8, 4) is 0 Å². The Hall–Kier alpha value is -1.65. The van der Waals surface area contributed by atoms with Crippen LogP contribution in [0.3, 0.4) is 0 Å². The second-order valence-corrected chi connectivity index (χ2v) is 4.14. The van der Waals surface area contributed by atoms with E-state index in [4.69, 9.17) is 0 Å². The number of nitro groups is 1. The minimum absolute atomic E-state index is 0.108. The number of piperidine rings is 1. The van der Waals surface area contributed by atoms with Gasteiger partial charge in [-0.05, 0) is 32.3 Å². The van der Waals surface area contributed by atoms with Crippen LogP contribution in [0.15, 0.2) is 18.3 Å². The van der Waals surface area contributed by atoms with Crippen LogP contribution in [0.25, 0.3) is 0 Å². The molecular weight excluding hydrogens is 206 g/mol. The molecule has 0 bridgehead atoms. The van der Waals surface area contributed by atoms with Gasteiger partial charge in [-0.2, -0.15) is 0 Å². The predicted octanol–water partition coefficient (Wildman–Crippen LogP) is 2.37. The standard InChI is InChI=1S/C11H15N3O2/c1-9-5-2-3-8-13(9)11-10(14(15)16)6-4-7-12-11/h4,6-7,9H,2-3,5,8H2,1H3. The van der Waals surface area contributed by atoms with E-state index in [0.717, 1.165) is 19.4 Å². The average Bonchev–Trinajstić information content (AvgIpc) is 2.29. The third-order valence-electron chi connectivity index (χ3n) is 3.04. The highest BCUT2D eigenvalue weighted by Gasteiger charge is 2.26. The van der Waals surface area contributed by atoms with Gasteiger partial charge in [-0.15, -0.1) is 0 Å². The first-order valence-electron chi connectivity index (χ1n) is 5.56. The minimum Gasteiger partial charge on any atom is -0.348 e. The maximum absolute atomic E-state index is 10.9. The van der Waals surface area contributed by atoms with Crippen molar-refractivity contribution in [2.24, 2.45) is 0 Å². The fourth-order valence-corrected chi connectivity index (χ4v) is 2.17. The van der Waals surface area contributed by atoms with Gasteiger partial charge in [0.1, 0.15) is 0 Å². The Morgan fingerprint density at radius 3 is 3.06 bits per heavy atom. The van der Waals surface area contributed by atoms with Crippen molar-refractivity contribution >= 4 is 11.5 Å². The molecule has 0 saturated carbocycles. The predicted molar refractivity (Wildman–Crippen MR) is 61.6 cm³/mol. The minimum atomic E-state index is -0.357. The number of hydrogen-bond donors (Lipinski definition) is 0. The lowest BCUT2D eigenvalue weighted by Crippen LogP contribution is -2.38. The summed E-state index contributed by atoms with van der Waals surface area (Å²) in [4.78, 5) is 16.8. The molecule has 0 aliphatic carbocycles. The molecule has 0 aromatic carbocycles. The molecule has 2 rings (SSSR count). The lowest BCUT2D eigenvalue weighted by molar-refractivity contribution is -0.384. The van der Waals surface area contributed by atoms with Crippen molar-refractivity contribution in [1.29, 1.82) is 0 Å². The zero-order chi connectivity index (χ0) is 11.5. The Morgan fingerprint density at radius 1 is 1.56 bits per heavy atom. The van der Waals surface area contributed by atoms with Crippen LogP contribution in [0.5, 0.6) is 0 Å². The van der Waals surface area contributed by atoms with Crippen molar-refractivity contribution in [2.45, 2.75) is 32.2 Å². The van der Waals surface area contributed by atoms with Crippen LogP contribution < -0.4 is 4.90 Å². The zero-order valence-corrected chi connectivity index (χ0v) is 9.30. The summed E-state index contributed by atoms with van der Waals surface area (Å²) in [5.41, 5.74) is 0.108. The molecule has 1 atom stereocenters. The van der Waals surface area contributed by atoms with E-state index < -0.39 is 0 Å². The summed E-state index contributed by atoms with van der Waals surface area (Å²) in [6.45, 7) is 2.95. The molecule has 0 amide bonds. The smallest absolute Gasteiger partial charge is 0.311 e. The van der Waals surface area contributed by atoms with E-state index in [9.17, 15) is 10.1 Å². The topological polar surface area (TPSA) is 59.3 Å². The molecule has 1 unspecified atom stereocenters. The normalized spacial score (nSPS) is 20.8. The maximum atomic E-state index is 10.9. The van der Waals surface area contributed by atoms with E-state index in [1.807, 2.05) is 4.90 Å². The van der Waals surface area contributed by atoms with Gasteiger partial charge < -0.3 is 4.90 Å². The van der Waals surface area contributed by atoms with Gasteiger partial charge in [0.25, 0.3) is 0 Å². The Morgan fingerprint density at radius 2 is 2.38 bits per heavy atom. The van der Waals surface area contributed by atoms with Crippen molar-refractivity contribution in [1.82, 2.24) is 4.98 Å². The van der Waals surface area contributed by atoms with Gasteiger partial charge in [-0.3, -0.25) is 10.1 Å². The molecule has 5 nitrogen and oxygen atoms in total. The summed E-state index contributed by atoms with van der Waals surface area (Å²) in [5, 5.41) is 10.9. The number of nitrogens with zero attached hydrogens (tertiary/aromatic N) is 3. The number of aromatic nitrogens is 1.